The van der Waals surface area contributed by atoms with E-state index in [2.05, 4.69) is 10.1 Å². The van der Waals surface area contributed by atoms with E-state index >= 15 is 0 Å². The molecule has 24 heavy (non-hydrogen) atoms. The molecule has 132 valence electrons. The molecule has 12 heteroatoms. The number of hydrogen-bond acceptors (Lipinski definition) is 4. The second kappa shape index (κ2) is 7.29. The summed E-state index contributed by atoms with van der Waals surface area (Å²) in [7, 11) is 0. The van der Waals surface area contributed by atoms with Gasteiger partial charge in [-0.2, -0.15) is 31.4 Å². The van der Waals surface area contributed by atoms with E-state index in [1.165, 1.54) is 10.7 Å². The maximum absolute atomic E-state index is 12.3. The zero-order chi connectivity index (χ0) is 18.5. The van der Waals surface area contributed by atoms with Gasteiger partial charge in [0.25, 0.3) is 0 Å². The van der Waals surface area contributed by atoms with Crippen molar-refractivity contribution < 1.29 is 36.2 Å². The second-order valence-corrected chi connectivity index (χ2v) is 4.20. The minimum Gasteiger partial charge on any atom is -0.475 e. The molecule has 0 saturated carbocycles. The van der Waals surface area contributed by atoms with Gasteiger partial charge in [-0.3, -0.25) is 0 Å². The lowest BCUT2D eigenvalue weighted by Crippen LogP contribution is -2.21. The van der Waals surface area contributed by atoms with Gasteiger partial charge >= 0.3 is 18.3 Å². The first kappa shape index (κ1) is 19.4. The molecule has 2 aromatic heterocycles. The van der Waals surface area contributed by atoms with Crippen LogP contribution >= 0.6 is 0 Å². The summed E-state index contributed by atoms with van der Waals surface area (Å²) in [4.78, 5) is 12.2. The van der Waals surface area contributed by atoms with Crippen LogP contribution in [0.15, 0.2) is 30.7 Å². The molecule has 0 radical (unpaired) electrons. The zero-order valence-corrected chi connectivity index (χ0v) is 11.6. The molecule has 2 rings (SSSR count). The van der Waals surface area contributed by atoms with Crippen molar-refractivity contribution in [3.8, 4) is 5.69 Å². The van der Waals surface area contributed by atoms with Gasteiger partial charge < -0.3 is 10.8 Å². The average Bonchev–Trinajstić information content (AvgIpc) is 2.95. The Morgan fingerprint density at radius 3 is 2.08 bits per heavy atom. The summed E-state index contributed by atoms with van der Waals surface area (Å²) in [5, 5.41) is 11.1. The van der Waals surface area contributed by atoms with Crippen LogP contribution in [-0.4, -0.2) is 32.0 Å². The Morgan fingerprint density at radius 2 is 1.75 bits per heavy atom. The van der Waals surface area contributed by atoms with Gasteiger partial charge in [-0.05, 0) is 12.1 Å². The number of alkyl halides is 6. The minimum atomic E-state index is -5.08. The van der Waals surface area contributed by atoms with E-state index in [-0.39, 0.29) is 0 Å². The van der Waals surface area contributed by atoms with Crippen molar-refractivity contribution in [2.75, 3.05) is 0 Å². The number of nitrogens with two attached hydrogens (primary N) is 1. The van der Waals surface area contributed by atoms with Crippen molar-refractivity contribution in [1.82, 2.24) is 14.8 Å². The second-order valence-electron chi connectivity index (χ2n) is 4.20. The summed E-state index contributed by atoms with van der Waals surface area (Å²) in [6.07, 6.45) is -5.19. The quantitative estimate of drug-likeness (QED) is 0.806. The van der Waals surface area contributed by atoms with Crippen LogP contribution in [0.5, 0.6) is 0 Å². The third-order valence-corrected chi connectivity index (χ3v) is 2.42. The van der Waals surface area contributed by atoms with E-state index in [1.807, 2.05) is 0 Å². The van der Waals surface area contributed by atoms with Crippen molar-refractivity contribution in [2.24, 2.45) is 5.73 Å². The third-order valence-electron chi connectivity index (χ3n) is 2.42. The van der Waals surface area contributed by atoms with Crippen molar-refractivity contribution >= 4 is 5.97 Å². The zero-order valence-electron chi connectivity index (χ0n) is 11.6. The van der Waals surface area contributed by atoms with Crippen molar-refractivity contribution in [3.63, 3.8) is 0 Å². The minimum absolute atomic E-state index is 0.327. The molecule has 0 bridgehead atoms. The molecule has 0 saturated heterocycles. The number of aromatic nitrogens is 3. The Kier molecular flexibility index (Phi) is 5.90. The van der Waals surface area contributed by atoms with Crippen LogP contribution in [0.4, 0.5) is 26.3 Å². The van der Waals surface area contributed by atoms with Gasteiger partial charge in [0.2, 0.25) is 0 Å². The number of nitrogens with zero attached hydrogens (tertiary/aromatic N) is 3. The average molecular weight is 356 g/mol. The first-order chi connectivity index (χ1) is 10.9. The van der Waals surface area contributed by atoms with Gasteiger partial charge in [-0.25, -0.2) is 14.5 Å². The number of carboxylic acid groups (broad SMARTS) is 1. The fourth-order valence-electron chi connectivity index (χ4n) is 1.30. The lowest BCUT2D eigenvalue weighted by molar-refractivity contribution is -0.192. The molecule has 0 aliphatic heterocycles. The molecule has 0 fully saturated rings. The van der Waals surface area contributed by atoms with Crippen LogP contribution in [0, 0.1) is 0 Å². The first-order valence-electron chi connectivity index (χ1n) is 6.02. The predicted octanol–water partition coefficient (Wildman–Crippen LogP) is 2.38. The topological polar surface area (TPSA) is 94.0 Å². The summed E-state index contributed by atoms with van der Waals surface area (Å²) >= 11 is 0. The van der Waals surface area contributed by atoms with E-state index < -0.39 is 24.0 Å². The summed E-state index contributed by atoms with van der Waals surface area (Å²) < 4.78 is 70.0. The molecule has 3 N–H and O–H groups in total. The van der Waals surface area contributed by atoms with Crippen molar-refractivity contribution in [1.29, 1.82) is 0 Å². The van der Waals surface area contributed by atoms with Gasteiger partial charge in [0.15, 0.2) is 0 Å². The van der Waals surface area contributed by atoms with E-state index in [1.54, 1.807) is 12.4 Å². The maximum Gasteiger partial charge on any atom is 0.490 e. The van der Waals surface area contributed by atoms with Gasteiger partial charge in [0.05, 0.1) is 18.1 Å². The van der Waals surface area contributed by atoms with Crippen LogP contribution in [0.25, 0.3) is 5.69 Å². The lowest BCUT2D eigenvalue weighted by atomic mass is 10.3. The molecule has 6 nitrogen and oxygen atoms in total. The van der Waals surface area contributed by atoms with Crippen LogP contribution < -0.4 is 5.73 Å². The SMILES string of the molecule is NCc1cnn(-c2ccc(C(F)(F)F)nc2)c1.O=C(O)C(F)(F)F. The Hall–Kier alpha value is -2.63. The maximum atomic E-state index is 12.3. The van der Waals surface area contributed by atoms with Gasteiger partial charge in [0.1, 0.15) is 5.69 Å². The highest BCUT2D eigenvalue weighted by Crippen LogP contribution is 2.27. The highest BCUT2D eigenvalue weighted by molar-refractivity contribution is 5.73. The monoisotopic (exact) mass is 356 g/mol. The molecule has 0 unspecified atom stereocenters. The predicted molar refractivity (Wildman–Crippen MR) is 67.9 cm³/mol. The molecule has 2 aromatic rings. The molecule has 0 spiro atoms. The summed E-state index contributed by atoms with van der Waals surface area (Å²) in [6.45, 7) is 0.327. The van der Waals surface area contributed by atoms with Crippen LogP contribution in [0.3, 0.4) is 0 Å². The highest BCUT2D eigenvalue weighted by Gasteiger charge is 2.38. The summed E-state index contributed by atoms with van der Waals surface area (Å²) in [5.41, 5.74) is 5.73. The Labute approximate surface area is 130 Å². The summed E-state index contributed by atoms with van der Waals surface area (Å²) in [5.74, 6) is -2.76. The van der Waals surface area contributed by atoms with Crippen molar-refractivity contribution in [3.05, 3.63) is 42.0 Å². The Balaban J connectivity index is 0.000000351. The normalized spacial score (nSPS) is 11.6. The van der Waals surface area contributed by atoms with E-state index in [4.69, 9.17) is 15.6 Å². The molecule has 0 aliphatic rings. The molecule has 0 aromatic carbocycles. The number of halogens is 6. The Bertz CT molecular complexity index is 678. The molecular weight excluding hydrogens is 346 g/mol. The van der Waals surface area contributed by atoms with E-state index in [0.717, 1.165) is 17.8 Å². The van der Waals surface area contributed by atoms with E-state index in [9.17, 15) is 26.3 Å². The number of hydrogen-bond donors (Lipinski definition) is 2. The fraction of sp³-hybridized carbons (Fsp3) is 0.250. The number of aliphatic carboxylic acids is 1. The van der Waals surface area contributed by atoms with Gasteiger partial charge in [-0.1, -0.05) is 0 Å². The van der Waals surface area contributed by atoms with Crippen molar-refractivity contribution in [2.45, 2.75) is 18.9 Å². The molecule has 0 aliphatic carbocycles. The number of carbonyl (C=O) groups is 1. The summed E-state index contributed by atoms with van der Waals surface area (Å²) in [6, 6.07) is 2.22. The first-order valence-corrected chi connectivity index (χ1v) is 6.02. The van der Waals surface area contributed by atoms with Crippen LogP contribution in [0.2, 0.25) is 0 Å². The molecular formula is C12H10F6N4O2. The fourth-order valence-corrected chi connectivity index (χ4v) is 1.30. The van der Waals surface area contributed by atoms with Gasteiger partial charge in [-0.15, -0.1) is 0 Å². The number of pyridine rings is 1. The highest BCUT2D eigenvalue weighted by atomic mass is 19.4. The Morgan fingerprint density at radius 1 is 1.17 bits per heavy atom. The van der Waals surface area contributed by atoms with Crippen LogP contribution in [0.1, 0.15) is 11.3 Å². The van der Waals surface area contributed by atoms with E-state index in [0.29, 0.717) is 12.2 Å². The molecule has 2 heterocycles. The standard InChI is InChI=1S/C10H9F3N4.C2HF3O2/c11-10(12,13)9-2-1-8(5-15-9)17-6-7(3-14)4-16-17;3-2(4,5)1(6)7/h1-2,4-6H,3,14H2;(H,6,7). The van der Waals surface area contributed by atoms with Gasteiger partial charge in [0, 0.05) is 18.3 Å². The number of rotatable bonds is 2. The molecule has 0 amide bonds. The smallest absolute Gasteiger partial charge is 0.475 e. The lowest BCUT2D eigenvalue weighted by Gasteiger charge is -2.06. The largest absolute Gasteiger partial charge is 0.490 e. The third kappa shape index (κ3) is 5.53. The number of carboxylic acids is 1. The van der Waals surface area contributed by atoms with Crippen LogP contribution in [-0.2, 0) is 17.5 Å². The molecule has 0 atom stereocenters.